The first-order valence-electron chi connectivity index (χ1n) is 10.8. The lowest BCUT2D eigenvalue weighted by Crippen LogP contribution is -2.47. The van der Waals surface area contributed by atoms with Gasteiger partial charge in [0.2, 0.25) is 5.91 Å². The molecule has 0 aliphatic carbocycles. The number of cyclic esters (lactones) is 1. The van der Waals surface area contributed by atoms with Gasteiger partial charge in [-0.3, -0.25) is 4.79 Å². The Morgan fingerprint density at radius 3 is 2.32 bits per heavy atom. The Labute approximate surface area is 183 Å². The van der Waals surface area contributed by atoms with E-state index in [0.29, 0.717) is 26.1 Å². The van der Waals surface area contributed by atoms with Crippen molar-refractivity contribution in [1.82, 2.24) is 4.90 Å². The molecule has 1 N–H and O–H groups in total. The van der Waals surface area contributed by atoms with Crippen LogP contribution in [0.4, 0.5) is 4.79 Å². The molecule has 6 nitrogen and oxygen atoms in total. The van der Waals surface area contributed by atoms with Crippen LogP contribution >= 0.6 is 0 Å². The van der Waals surface area contributed by atoms with Gasteiger partial charge in [-0.25, -0.2) is 9.69 Å². The number of rotatable bonds is 10. The van der Waals surface area contributed by atoms with Crippen LogP contribution in [0.2, 0.25) is 0 Å². The molecule has 1 heterocycles. The molecule has 2 aromatic carbocycles. The minimum Gasteiger partial charge on any atom is -0.447 e. The van der Waals surface area contributed by atoms with E-state index in [0.717, 1.165) is 11.1 Å². The molecule has 31 heavy (non-hydrogen) atoms. The summed E-state index contributed by atoms with van der Waals surface area (Å²) in [7, 11) is 0. The summed E-state index contributed by atoms with van der Waals surface area (Å²) in [6.45, 7) is 4.62. The summed E-state index contributed by atoms with van der Waals surface area (Å²) in [5, 5.41) is 10.7. The van der Waals surface area contributed by atoms with Crippen LogP contribution in [-0.4, -0.2) is 47.4 Å². The number of carbonyl (C=O) groups is 2. The van der Waals surface area contributed by atoms with Crippen molar-refractivity contribution in [3.8, 4) is 0 Å². The van der Waals surface area contributed by atoms with Crippen LogP contribution in [0.5, 0.6) is 0 Å². The van der Waals surface area contributed by atoms with Crippen molar-refractivity contribution >= 4 is 12.0 Å². The zero-order valence-electron chi connectivity index (χ0n) is 18.1. The number of nitrogens with zero attached hydrogens (tertiary/aromatic N) is 1. The number of hydrogen-bond acceptors (Lipinski definition) is 5. The molecule has 0 saturated carbocycles. The van der Waals surface area contributed by atoms with E-state index < -0.39 is 24.0 Å². The number of imide groups is 1. The van der Waals surface area contributed by atoms with E-state index >= 15 is 0 Å². The van der Waals surface area contributed by atoms with Gasteiger partial charge in [-0.2, -0.15) is 0 Å². The molecule has 0 radical (unpaired) electrons. The van der Waals surface area contributed by atoms with Crippen LogP contribution in [0.15, 0.2) is 60.7 Å². The summed E-state index contributed by atoms with van der Waals surface area (Å²) in [6.07, 6.45) is -0.670. The molecule has 1 fully saturated rings. The molecular formula is C25H31NO5. The second kappa shape index (κ2) is 11.1. The second-order valence-electron chi connectivity index (χ2n) is 8.30. The summed E-state index contributed by atoms with van der Waals surface area (Å²) < 4.78 is 10.9. The van der Waals surface area contributed by atoms with E-state index in [4.69, 9.17) is 9.47 Å². The normalized spacial score (nSPS) is 18.1. The van der Waals surface area contributed by atoms with Gasteiger partial charge in [0.15, 0.2) is 0 Å². The van der Waals surface area contributed by atoms with Gasteiger partial charge in [0.05, 0.1) is 24.7 Å². The lowest BCUT2D eigenvalue weighted by molar-refractivity contribution is -0.139. The summed E-state index contributed by atoms with van der Waals surface area (Å²) in [4.78, 5) is 27.0. The highest BCUT2D eigenvalue weighted by Crippen LogP contribution is 2.25. The SMILES string of the molecule is CC(C)[C@@H](O)[C@H](CCOCc1ccccc1)C(=O)N1C(=O)OC[C@@H]1Cc1ccccc1. The fraction of sp³-hybridized carbons (Fsp3) is 0.440. The Kier molecular flexibility index (Phi) is 8.20. The predicted molar refractivity (Wildman–Crippen MR) is 117 cm³/mol. The fourth-order valence-electron chi connectivity index (χ4n) is 3.83. The largest absolute Gasteiger partial charge is 0.447 e. The third-order valence-corrected chi connectivity index (χ3v) is 5.61. The van der Waals surface area contributed by atoms with E-state index in [9.17, 15) is 14.7 Å². The van der Waals surface area contributed by atoms with Crippen LogP contribution in [0.3, 0.4) is 0 Å². The number of benzene rings is 2. The average molecular weight is 426 g/mol. The first kappa shape index (κ1) is 23.0. The molecule has 2 aromatic rings. The van der Waals surface area contributed by atoms with E-state index in [1.807, 2.05) is 74.5 Å². The standard InChI is InChI=1S/C25H31NO5/c1-18(2)23(27)22(13-14-30-16-20-11-7-4-8-12-20)24(28)26-21(17-31-25(26)29)15-19-9-5-3-6-10-19/h3-12,18,21-23,27H,13-17H2,1-2H3/t21-,22-,23+/m0/s1. The molecule has 1 aliphatic heterocycles. The van der Waals surface area contributed by atoms with Gasteiger partial charge in [0, 0.05) is 6.61 Å². The molecule has 166 valence electrons. The van der Waals surface area contributed by atoms with Gasteiger partial charge in [-0.15, -0.1) is 0 Å². The molecule has 3 rings (SSSR count). The topological polar surface area (TPSA) is 76.1 Å². The van der Waals surface area contributed by atoms with E-state index in [1.165, 1.54) is 4.90 Å². The van der Waals surface area contributed by atoms with Crippen molar-refractivity contribution in [2.45, 2.75) is 45.4 Å². The number of carbonyl (C=O) groups excluding carboxylic acids is 2. The first-order valence-corrected chi connectivity index (χ1v) is 10.8. The van der Waals surface area contributed by atoms with Crippen molar-refractivity contribution in [3.05, 3.63) is 71.8 Å². The molecule has 0 spiro atoms. The zero-order chi connectivity index (χ0) is 22.2. The lowest BCUT2D eigenvalue weighted by Gasteiger charge is -2.29. The summed E-state index contributed by atoms with van der Waals surface area (Å²) >= 11 is 0. The highest BCUT2D eigenvalue weighted by Gasteiger charge is 2.43. The third-order valence-electron chi connectivity index (χ3n) is 5.61. The molecule has 1 saturated heterocycles. The smallest absolute Gasteiger partial charge is 0.416 e. The van der Waals surface area contributed by atoms with Crippen LogP contribution in [0, 0.1) is 11.8 Å². The second-order valence-corrected chi connectivity index (χ2v) is 8.30. The number of hydrogen-bond donors (Lipinski definition) is 1. The number of amides is 2. The quantitative estimate of drug-likeness (QED) is 0.586. The number of aliphatic hydroxyl groups is 1. The Balaban J connectivity index is 1.66. The van der Waals surface area contributed by atoms with Crippen molar-refractivity contribution < 1.29 is 24.2 Å². The summed E-state index contributed by atoms with van der Waals surface area (Å²) in [5.41, 5.74) is 2.07. The predicted octanol–water partition coefficient (Wildman–Crippen LogP) is 3.82. The van der Waals surface area contributed by atoms with Crippen LogP contribution in [0.25, 0.3) is 0 Å². The van der Waals surface area contributed by atoms with Crippen LogP contribution in [0.1, 0.15) is 31.4 Å². The Bertz CT molecular complexity index is 840. The zero-order valence-corrected chi connectivity index (χ0v) is 18.1. The van der Waals surface area contributed by atoms with Gasteiger partial charge in [0.1, 0.15) is 6.61 Å². The lowest BCUT2D eigenvalue weighted by atomic mass is 9.89. The van der Waals surface area contributed by atoms with E-state index in [1.54, 1.807) is 0 Å². The number of aliphatic hydroxyl groups excluding tert-OH is 1. The van der Waals surface area contributed by atoms with Crippen LogP contribution < -0.4 is 0 Å². The van der Waals surface area contributed by atoms with Crippen molar-refractivity contribution in [2.75, 3.05) is 13.2 Å². The molecule has 2 amide bonds. The van der Waals surface area contributed by atoms with Crippen molar-refractivity contribution in [3.63, 3.8) is 0 Å². The van der Waals surface area contributed by atoms with Gasteiger partial charge in [-0.05, 0) is 29.9 Å². The molecule has 0 bridgehead atoms. The average Bonchev–Trinajstić information content (AvgIpc) is 3.14. The van der Waals surface area contributed by atoms with E-state index in [2.05, 4.69) is 0 Å². The molecular weight excluding hydrogens is 394 g/mol. The van der Waals surface area contributed by atoms with Gasteiger partial charge in [0.25, 0.3) is 0 Å². The van der Waals surface area contributed by atoms with Crippen LogP contribution in [-0.2, 0) is 27.3 Å². The maximum absolute atomic E-state index is 13.4. The minimum absolute atomic E-state index is 0.130. The molecule has 3 atom stereocenters. The van der Waals surface area contributed by atoms with E-state index in [-0.39, 0.29) is 18.6 Å². The molecule has 0 unspecified atom stereocenters. The maximum Gasteiger partial charge on any atom is 0.416 e. The third kappa shape index (κ3) is 6.15. The summed E-state index contributed by atoms with van der Waals surface area (Å²) in [5.74, 6) is -1.26. The monoisotopic (exact) mass is 425 g/mol. The Morgan fingerprint density at radius 2 is 1.71 bits per heavy atom. The van der Waals surface area contributed by atoms with Gasteiger partial charge < -0.3 is 14.6 Å². The van der Waals surface area contributed by atoms with Gasteiger partial charge >= 0.3 is 6.09 Å². The highest BCUT2D eigenvalue weighted by molar-refractivity contribution is 5.95. The van der Waals surface area contributed by atoms with Crippen molar-refractivity contribution in [1.29, 1.82) is 0 Å². The van der Waals surface area contributed by atoms with Gasteiger partial charge in [-0.1, -0.05) is 74.5 Å². The minimum atomic E-state index is -0.876. The molecule has 6 heteroatoms. The first-order chi connectivity index (χ1) is 15.0. The highest BCUT2D eigenvalue weighted by atomic mass is 16.6. The fourth-order valence-corrected chi connectivity index (χ4v) is 3.83. The van der Waals surface area contributed by atoms with Crippen molar-refractivity contribution in [2.24, 2.45) is 11.8 Å². The Hall–Kier alpha value is -2.70. The number of ether oxygens (including phenoxy) is 2. The molecule has 0 aromatic heterocycles. The summed E-state index contributed by atoms with van der Waals surface area (Å²) in [6, 6.07) is 19.1. The maximum atomic E-state index is 13.4. The Morgan fingerprint density at radius 1 is 1.10 bits per heavy atom. The molecule has 1 aliphatic rings.